The summed E-state index contributed by atoms with van der Waals surface area (Å²) >= 11 is 5.69. The van der Waals surface area contributed by atoms with E-state index in [0.29, 0.717) is 5.69 Å². The summed E-state index contributed by atoms with van der Waals surface area (Å²) in [4.78, 5) is 31.3. The molecule has 0 atom stereocenters. The van der Waals surface area contributed by atoms with E-state index >= 15 is 0 Å². The van der Waals surface area contributed by atoms with Gasteiger partial charge in [0.1, 0.15) is 5.41 Å². The molecule has 1 aliphatic heterocycles. The standard InChI is InChI=1S/C11H12ClN3O4/c12-9-13-4-1-7(14-9)11(8(16)17)2-5-15(6-3-11)10(18)19/h1,4H,2-3,5-6H2,(H,16,17)(H,18,19). The number of piperidine rings is 1. The second-order valence-corrected chi connectivity index (χ2v) is 4.71. The Hall–Kier alpha value is -1.89. The van der Waals surface area contributed by atoms with Crippen LogP contribution in [-0.4, -0.2) is 50.2 Å². The van der Waals surface area contributed by atoms with Gasteiger partial charge in [-0.15, -0.1) is 0 Å². The highest BCUT2D eigenvalue weighted by Gasteiger charge is 2.45. The molecule has 102 valence electrons. The van der Waals surface area contributed by atoms with Crippen LogP contribution in [-0.2, 0) is 10.2 Å². The summed E-state index contributed by atoms with van der Waals surface area (Å²) in [5.41, 5.74) is -0.872. The number of carbonyl (C=O) groups is 2. The molecule has 0 bridgehead atoms. The van der Waals surface area contributed by atoms with Crippen molar-refractivity contribution in [3.8, 4) is 0 Å². The van der Waals surface area contributed by atoms with Crippen LogP contribution in [0.1, 0.15) is 18.5 Å². The number of nitrogens with zero attached hydrogens (tertiary/aromatic N) is 3. The normalized spacial score (nSPS) is 18.1. The number of carboxylic acid groups (broad SMARTS) is 2. The molecule has 0 radical (unpaired) electrons. The van der Waals surface area contributed by atoms with Gasteiger partial charge in [-0.2, -0.15) is 0 Å². The molecule has 0 spiro atoms. The lowest BCUT2D eigenvalue weighted by molar-refractivity contribution is -0.146. The van der Waals surface area contributed by atoms with Crippen molar-refractivity contribution < 1.29 is 19.8 Å². The molecule has 1 aromatic heterocycles. The maximum absolute atomic E-state index is 11.6. The number of hydrogen-bond acceptors (Lipinski definition) is 4. The van der Waals surface area contributed by atoms with Gasteiger partial charge in [0.05, 0.1) is 5.69 Å². The number of likely N-dealkylation sites (tertiary alicyclic amines) is 1. The molecule has 0 unspecified atom stereocenters. The van der Waals surface area contributed by atoms with Gasteiger partial charge in [0, 0.05) is 19.3 Å². The fraction of sp³-hybridized carbons (Fsp3) is 0.455. The lowest BCUT2D eigenvalue weighted by Crippen LogP contribution is -2.49. The van der Waals surface area contributed by atoms with Crippen LogP contribution in [0.15, 0.2) is 12.3 Å². The molecule has 1 aliphatic rings. The van der Waals surface area contributed by atoms with Gasteiger partial charge in [-0.05, 0) is 30.5 Å². The van der Waals surface area contributed by atoms with Crippen LogP contribution in [0.2, 0.25) is 5.28 Å². The summed E-state index contributed by atoms with van der Waals surface area (Å²) in [6.45, 7) is 0.312. The average molecular weight is 286 g/mol. The van der Waals surface area contributed by atoms with Crippen LogP contribution in [0.3, 0.4) is 0 Å². The highest BCUT2D eigenvalue weighted by molar-refractivity contribution is 6.28. The molecule has 0 saturated carbocycles. The van der Waals surface area contributed by atoms with Crippen molar-refractivity contribution in [3.63, 3.8) is 0 Å². The highest BCUT2D eigenvalue weighted by Crippen LogP contribution is 2.35. The van der Waals surface area contributed by atoms with Gasteiger partial charge in [-0.25, -0.2) is 14.8 Å². The minimum Gasteiger partial charge on any atom is -0.481 e. The fourth-order valence-electron chi connectivity index (χ4n) is 2.26. The summed E-state index contributed by atoms with van der Waals surface area (Å²) in [6, 6.07) is 1.51. The number of amides is 1. The zero-order valence-electron chi connectivity index (χ0n) is 9.91. The molecule has 19 heavy (non-hydrogen) atoms. The van der Waals surface area contributed by atoms with Crippen LogP contribution in [0, 0.1) is 0 Å². The van der Waals surface area contributed by atoms with E-state index < -0.39 is 17.5 Å². The maximum atomic E-state index is 11.6. The number of rotatable bonds is 2. The summed E-state index contributed by atoms with van der Waals surface area (Å²) in [7, 11) is 0. The van der Waals surface area contributed by atoms with Gasteiger partial charge in [-0.1, -0.05) is 0 Å². The number of halogens is 1. The first kappa shape index (κ1) is 13.5. The number of carboxylic acids is 1. The van der Waals surface area contributed by atoms with Gasteiger partial charge in [0.25, 0.3) is 0 Å². The minimum absolute atomic E-state index is 0.0150. The molecule has 2 heterocycles. The van der Waals surface area contributed by atoms with Crippen molar-refractivity contribution in [1.82, 2.24) is 14.9 Å². The smallest absolute Gasteiger partial charge is 0.407 e. The van der Waals surface area contributed by atoms with Crippen molar-refractivity contribution in [2.45, 2.75) is 18.3 Å². The second-order valence-electron chi connectivity index (χ2n) is 4.37. The Balaban J connectivity index is 2.31. The average Bonchev–Trinajstić information content (AvgIpc) is 2.38. The molecular weight excluding hydrogens is 274 g/mol. The Morgan fingerprint density at radius 2 is 1.95 bits per heavy atom. The highest BCUT2D eigenvalue weighted by atomic mass is 35.5. The van der Waals surface area contributed by atoms with Crippen LogP contribution in [0.25, 0.3) is 0 Å². The third-order valence-electron chi connectivity index (χ3n) is 3.41. The van der Waals surface area contributed by atoms with Crippen LogP contribution >= 0.6 is 11.6 Å². The van der Waals surface area contributed by atoms with E-state index in [-0.39, 0.29) is 31.2 Å². The van der Waals surface area contributed by atoms with E-state index in [4.69, 9.17) is 16.7 Å². The van der Waals surface area contributed by atoms with Gasteiger partial charge in [-0.3, -0.25) is 4.79 Å². The summed E-state index contributed by atoms with van der Waals surface area (Å²) < 4.78 is 0. The predicted molar refractivity (Wildman–Crippen MR) is 65.2 cm³/mol. The predicted octanol–water partition coefficient (Wildman–Crippen LogP) is 1.23. The maximum Gasteiger partial charge on any atom is 0.407 e. The Bertz CT molecular complexity index is 514. The lowest BCUT2D eigenvalue weighted by Gasteiger charge is -2.37. The molecule has 0 aliphatic carbocycles. The molecule has 2 N–H and O–H groups in total. The summed E-state index contributed by atoms with van der Waals surface area (Å²) in [5, 5.41) is 18.4. The minimum atomic E-state index is -1.20. The van der Waals surface area contributed by atoms with Gasteiger partial charge < -0.3 is 15.1 Å². The first-order chi connectivity index (χ1) is 8.95. The SMILES string of the molecule is O=C(O)N1CCC(C(=O)O)(c2ccnc(Cl)n2)CC1. The van der Waals surface area contributed by atoms with E-state index in [1.54, 1.807) is 0 Å². The lowest BCUT2D eigenvalue weighted by atomic mass is 9.75. The zero-order chi connectivity index (χ0) is 14.0. The van der Waals surface area contributed by atoms with Crippen LogP contribution in [0.5, 0.6) is 0 Å². The van der Waals surface area contributed by atoms with Crippen molar-refractivity contribution in [3.05, 3.63) is 23.2 Å². The molecule has 2 rings (SSSR count). The van der Waals surface area contributed by atoms with E-state index in [0.717, 1.165) is 0 Å². The monoisotopic (exact) mass is 285 g/mol. The van der Waals surface area contributed by atoms with Gasteiger partial charge in [0.15, 0.2) is 0 Å². The van der Waals surface area contributed by atoms with E-state index in [2.05, 4.69) is 9.97 Å². The Labute approximate surface area is 113 Å². The third-order valence-corrected chi connectivity index (χ3v) is 3.60. The van der Waals surface area contributed by atoms with Crippen molar-refractivity contribution in [1.29, 1.82) is 0 Å². The largest absolute Gasteiger partial charge is 0.481 e. The molecule has 8 heteroatoms. The number of aliphatic carboxylic acids is 1. The first-order valence-electron chi connectivity index (χ1n) is 5.66. The molecular formula is C11H12ClN3O4. The van der Waals surface area contributed by atoms with E-state index in [1.807, 2.05) is 0 Å². The van der Waals surface area contributed by atoms with Crippen molar-refractivity contribution in [2.75, 3.05) is 13.1 Å². The molecule has 1 aromatic rings. The number of aromatic nitrogens is 2. The quantitative estimate of drug-likeness (QED) is 0.792. The van der Waals surface area contributed by atoms with E-state index in [1.165, 1.54) is 17.2 Å². The van der Waals surface area contributed by atoms with Gasteiger partial charge in [0.2, 0.25) is 5.28 Å². The number of hydrogen-bond donors (Lipinski definition) is 2. The van der Waals surface area contributed by atoms with Crippen LogP contribution < -0.4 is 0 Å². The molecule has 7 nitrogen and oxygen atoms in total. The van der Waals surface area contributed by atoms with Crippen LogP contribution in [0.4, 0.5) is 4.79 Å². The van der Waals surface area contributed by atoms with Crippen molar-refractivity contribution >= 4 is 23.7 Å². The molecule has 0 aromatic carbocycles. The topological polar surface area (TPSA) is 104 Å². The summed E-state index contributed by atoms with van der Waals surface area (Å²) in [6.07, 6.45) is 0.697. The molecule has 1 fully saturated rings. The van der Waals surface area contributed by atoms with Gasteiger partial charge >= 0.3 is 12.1 Å². The fourth-order valence-corrected chi connectivity index (χ4v) is 2.41. The Morgan fingerprint density at radius 3 is 2.42 bits per heavy atom. The first-order valence-corrected chi connectivity index (χ1v) is 6.04. The van der Waals surface area contributed by atoms with E-state index in [9.17, 15) is 14.7 Å². The Morgan fingerprint density at radius 1 is 1.32 bits per heavy atom. The molecule has 1 amide bonds. The summed E-state index contributed by atoms with van der Waals surface area (Å²) in [5.74, 6) is -1.02. The zero-order valence-corrected chi connectivity index (χ0v) is 10.7. The van der Waals surface area contributed by atoms with Crippen molar-refractivity contribution in [2.24, 2.45) is 0 Å². The molecule has 1 saturated heterocycles. The second kappa shape index (κ2) is 5.00. The third kappa shape index (κ3) is 2.46. The Kier molecular flexibility index (Phi) is 3.57.